The first-order valence-electron chi connectivity index (χ1n) is 9.30. The fraction of sp³-hybridized carbons (Fsp3) is 0.450. The number of rotatable bonds is 4. The first kappa shape index (κ1) is 17.9. The minimum Gasteiger partial charge on any atom is -0.347 e. The van der Waals surface area contributed by atoms with Crippen LogP contribution in [0.3, 0.4) is 0 Å². The molecule has 0 N–H and O–H groups in total. The summed E-state index contributed by atoms with van der Waals surface area (Å²) in [6.07, 6.45) is 4.83. The van der Waals surface area contributed by atoms with E-state index < -0.39 is 5.79 Å². The molecule has 0 bridgehead atoms. The predicted molar refractivity (Wildman–Crippen MR) is 100 cm³/mol. The number of nitrogens with zero attached hydrogens (tertiary/aromatic N) is 4. The molecule has 2 saturated heterocycles. The molecule has 2 aliphatic rings. The third-order valence-electron chi connectivity index (χ3n) is 5.12. The molecule has 7 nitrogen and oxygen atoms in total. The number of carbonyl (C=O) groups is 1. The molecule has 0 atom stereocenters. The lowest BCUT2D eigenvalue weighted by Crippen LogP contribution is -2.45. The Balaban J connectivity index is 1.36. The molecule has 2 aromatic rings. The summed E-state index contributed by atoms with van der Waals surface area (Å²) in [6, 6.07) is 9.91. The molecular weight excluding hydrogens is 344 g/mol. The summed E-state index contributed by atoms with van der Waals surface area (Å²) >= 11 is 0. The maximum absolute atomic E-state index is 12.6. The lowest BCUT2D eigenvalue weighted by atomic mass is 10.0. The second kappa shape index (κ2) is 7.62. The lowest BCUT2D eigenvalue weighted by molar-refractivity contribution is -0.169. The smallest absolute Gasteiger partial charge is 0.257 e. The molecule has 0 radical (unpaired) electrons. The fourth-order valence-corrected chi connectivity index (χ4v) is 3.58. The van der Waals surface area contributed by atoms with Crippen LogP contribution in [0.25, 0.3) is 0 Å². The van der Waals surface area contributed by atoms with E-state index in [0.29, 0.717) is 31.3 Å². The molecule has 2 fully saturated rings. The van der Waals surface area contributed by atoms with Crippen LogP contribution in [0.2, 0.25) is 0 Å². The van der Waals surface area contributed by atoms with Crippen molar-refractivity contribution in [3.8, 4) is 0 Å². The highest BCUT2D eigenvalue weighted by Crippen LogP contribution is 2.32. The van der Waals surface area contributed by atoms with Crippen molar-refractivity contribution in [2.24, 2.45) is 0 Å². The molecule has 7 heteroatoms. The van der Waals surface area contributed by atoms with E-state index in [1.807, 2.05) is 30.3 Å². The van der Waals surface area contributed by atoms with Gasteiger partial charge < -0.3 is 19.3 Å². The van der Waals surface area contributed by atoms with Gasteiger partial charge in [-0.15, -0.1) is 0 Å². The van der Waals surface area contributed by atoms with Crippen LogP contribution in [0.4, 0.5) is 5.95 Å². The average molecular weight is 368 g/mol. The van der Waals surface area contributed by atoms with Crippen molar-refractivity contribution in [3.63, 3.8) is 0 Å². The van der Waals surface area contributed by atoms with Crippen LogP contribution in [0.5, 0.6) is 0 Å². The first-order chi connectivity index (χ1) is 13.2. The van der Waals surface area contributed by atoms with E-state index in [4.69, 9.17) is 9.47 Å². The van der Waals surface area contributed by atoms with E-state index in [1.165, 1.54) is 0 Å². The van der Waals surface area contributed by atoms with Crippen molar-refractivity contribution in [3.05, 3.63) is 53.9 Å². The van der Waals surface area contributed by atoms with Crippen LogP contribution in [0.1, 0.15) is 28.8 Å². The molecule has 142 valence electrons. The summed E-state index contributed by atoms with van der Waals surface area (Å²) in [7, 11) is 1.79. The number of aromatic nitrogens is 2. The highest BCUT2D eigenvalue weighted by molar-refractivity contribution is 5.93. The largest absolute Gasteiger partial charge is 0.347 e. The van der Waals surface area contributed by atoms with Gasteiger partial charge in [0, 0.05) is 51.9 Å². The van der Waals surface area contributed by atoms with Crippen LogP contribution in [-0.2, 0) is 16.0 Å². The van der Waals surface area contributed by atoms with Gasteiger partial charge in [0.25, 0.3) is 5.91 Å². The van der Waals surface area contributed by atoms with Crippen molar-refractivity contribution < 1.29 is 14.3 Å². The van der Waals surface area contributed by atoms with Gasteiger partial charge in [0.05, 0.1) is 18.8 Å². The normalized spacial score (nSPS) is 18.6. The van der Waals surface area contributed by atoms with Gasteiger partial charge in [-0.05, 0) is 5.56 Å². The topological polar surface area (TPSA) is 67.8 Å². The Kier molecular flexibility index (Phi) is 5.05. The zero-order chi connectivity index (χ0) is 18.7. The van der Waals surface area contributed by atoms with E-state index in [-0.39, 0.29) is 5.91 Å². The van der Waals surface area contributed by atoms with E-state index >= 15 is 0 Å². The number of piperidine rings is 1. The van der Waals surface area contributed by atoms with Gasteiger partial charge in [0.15, 0.2) is 5.79 Å². The molecule has 27 heavy (non-hydrogen) atoms. The van der Waals surface area contributed by atoms with Crippen molar-refractivity contribution >= 4 is 11.9 Å². The minimum atomic E-state index is -0.410. The van der Waals surface area contributed by atoms with Crippen molar-refractivity contribution in [1.82, 2.24) is 14.9 Å². The summed E-state index contributed by atoms with van der Waals surface area (Å²) in [4.78, 5) is 25.2. The van der Waals surface area contributed by atoms with Crippen LogP contribution in [-0.4, -0.2) is 59.9 Å². The quantitative estimate of drug-likeness (QED) is 0.823. The highest BCUT2D eigenvalue weighted by atomic mass is 16.7. The predicted octanol–water partition coefficient (Wildman–Crippen LogP) is 2.09. The Labute approximate surface area is 158 Å². The molecule has 3 heterocycles. The summed E-state index contributed by atoms with van der Waals surface area (Å²) in [5, 5.41) is 0. The molecule has 1 aromatic heterocycles. The van der Waals surface area contributed by atoms with Gasteiger partial charge in [0.2, 0.25) is 5.95 Å². The molecular formula is C20H24N4O3. The van der Waals surface area contributed by atoms with Crippen molar-refractivity contribution in [2.45, 2.75) is 25.2 Å². The lowest BCUT2D eigenvalue weighted by Gasteiger charge is -2.37. The number of amides is 1. The monoisotopic (exact) mass is 368 g/mol. The highest BCUT2D eigenvalue weighted by Gasteiger charge is 2.40. The molecule has 0 saturated carbocycles. The van der Waals surface area contributed by atoms with Crippen LogP contribution in [0.15, 0.2) is 42.7 Å². The standard InChI is InChI=1S/C20H24N4O3/c1-23(15-16-5-3-2-4-6-16)18(25)17-13-21-19(22-14-17)24-9-7-20(8-10-24)26-11-12-27-20/h2-6,13-14H,7-12,15H2,1H3. The molecule has 1 spiro atoms. The number of hydrogen-bond acceptors (Lipinski definition) is 6. The maximum atomic E-state index is 12.6. The van der Waals surface area contributed by atoms with Gasteiger partial charge in [-0.25, -0.2) is 9.97 Å². The maximum Gasteiger partial charge on any atom is 0.257 e. The zero-order valence-corrected chi connectivity index (χ0v) is 15.5. The minimum absolute atomic E-state index is 0.0873. The summed E-state index contributed by atoms with van der Waals surface area (Å²) in [5.74, 6) is 0.146. The zero-order valence-electron chi connectivity index (χ0n) is 15.5. The molecule has 1 amide bonds. The summed E-state index contributed by atoms with van der Waals surface area (Å²) < 4.78 is 11.5. The third-order valence-corrected chi connectivity index (χ3v) is 5.12. The Bertz CT molecular complexity index is 766. The van der Waals surface area contributed by atoms with Gasteiger partial charge in [-0.3, -0.25) is 4.79 Å². The molecule has 0 unspecified atom stereocenters. The van der Waals surface area contributed by atoms with Crippen molar-refractivity contribution in [2.75, 3.05) is 38.3 Å². The van der Waals surface area contributed by atoms with E-state index in [2.05, 4.69) is 14.9 Å². The number of benzene rings is 1. The molecule has 2 aliphatic heterocycles. The number of hydrogen-bond donors (Lipinski definition) is 0. The second-order valence-corrected chi connectivity index (χ2v) is 7.01. The third kappa shape index (κ3) is 3.94. The Morgan fingerprint density at radius 2 is 1.74 bits per heavy atom. The second-order valence-electron chi connectivity index (χ2n) is 7.01. The molecule has 1 aromatic carbocycles. The first-order valence-corrected chi connectivity index (χ1v) is 9.30. The summed E-state index contributed by atoms with van der Waals surface area (Å²) in [6.45, 7) is 3.45. The molecule has 4 rings (SSSR count). The number of ether oxygens (including phenoxy) is 2. The number of anilines is 1. The van der Waals surface area contributed by atoms with E-state index in [1.54, 1.807) is 24.3 Å². The van der Waals surface area contributed by atoms with Crippen molar-refractivity contribution in [1.29, 1.82) is 0 Å². The van der Waals surface area contributed by atoms with Crippen LogP contribution < -0.4 is 4.90 Å². The van der Waals surface area contributed by atoms with Gasteiger partial charge in [-0.1, -0.05) is 30.3 Å². The fourth-order valence-electron chi connectivity index (χ4n) is 3.58. The SMILES string of the molecule is CN(Cc1ccccc1)C(=O)c1cnc(N2CCC3(CC2)OCCO3)nc1. The van der Waals surface area contributed by atoms with E-state index in [0.717, 1.165) is 31.5 Å². The Morgan fingerprint density at radius 3 is 2.37 bits per heavy atom. The average Bonchev–Trinajstić information content (AvgIpc) is 3.17. The van der Waals surface area contributed by atoms with Crippen LogP contribution in [0, 0.1) is 0 Å². The van der Waals surface area contributed by atoms with E-state index in [9.17, 15) is 4.79 Å². The summed E-state index contributed by atoms with van der Waals surface area (Å²) in [5.41, 5.74) is 1.58. The van der Waals surface area contributed by atoms with Gasteiger partial charge >= 0.3 is 0 Å². The Morgan fingerprint density at radius 1 is 1.11 bits per heavy atom. The number of carbonyl (C=O) groups excluding carboxylic acids is 1. The Hall–Kier alpha value is -2.51. The molecule has 0 aliphatic carbocycles. The van der Waals surface area contributed by atoms with Gasteiger partial charge in [0.1, 0.15) is 0 Å². The van der Waals surface area contributed by atoms with Gasteiger partial charge in [-0.2, -0.15) is 0 Å². The van der Waals surface area contributed by atoms with Crippen LogP contribution >= 0.6 is 0 Å².